The summed E-state index contributed by atoms with van der Waals surface area (Å²) in [5.41, 5.74) is 0. The Balaban J connectivity index is -0.0000000244. The Bertz CT molecular complexity index is 278. The van der Waals surface area contributed by atoms with E-state index in [1.54, 1.807) is 49.9 Å². The molecule has 36 heavy (non-hydrogen) atoms. The van der Waals surface area contributed by atoms with E-state index in [1.165, 1.54) is 4.90 Å². The van der Waals surface area contributed by atoms with Gasteiger partial charge in [-0.25, -0.2) is 0 Å². The normalized spacial score (nSPS) is 7.94. The van der Waals surface area contributed by atoms with Gasteiger partial charge in [0, 0.05) is 14.1 Å². The summed E-state index contributed by atoms with van der Waals surface area (Å²) in [7, 11) is 8.70. The van der Waals surface area contributed by atoms with Gasteiger partial charge in [0.25, 0.3) is 0 Å². The quantitative estimate of drug-likeness (QED) is 0.129. The van der Waals surface area contributed by atoms with Crippen LogP contribution in [0.4, 0.5) is 0 Å². The van der Waals surface area contributed by atoms with E-state index in [-0.39, 0.29) is 150 Å². The Labute approximate surface area is 283 Å². The second-order valence-corrected chi connectivity index (χ2v) is 6.20. The van der Waals surface area contributed by atoms with E-state index in [1.807, 2.05) is 0 Å². The summed E-state index contributed by atoms with van der Waals surface area (Å²) in [5, 5.41) is 59.2. The Morgan fingerprint density at radius 1 is 0.500 bits per heavy atom. The van der Waals surface area contributed by atoms with Gasteiger partial charge in [-0.15, -0.1) is 39.6 Å². The first-order chi connectivity index (χ1) is 13.7. The number of hydrogen-bond acceptors (Lipinski definition) is 10. The SMILES string of the molecule is CN(C)C=O.CN(CC[O-])CC[O-].CN(CC[O-])CC[O-].CN(CC[O-])CC[O-].[Cl-].[Cl-].[Cl-].[Co+3].[Cu+2].[Zn+2].[Zn+2]. The smallest absolute Gasteiger partial charge is 1.00 e. The summed E-state index contributed by atoms with van der Waals surface area (Å²) >= 11 is 0. The molecule has 0 aliphatic heterocycles. The van der Waals surface area contributed by atoms with Gasteiger partial charge in [0.2, 0.25) is 6.41 Å². The molecule has 0 N–H and O–H groups in total. The Hall–Kier alpha value is 2.25. The third kappa shape index (κ3) is 91.0. The summed E-state index contributed by atoms with van der Waals surface area (Å²) in [5.74, 6) is 0. The Morgan fingerprint density at radius 3 is 0.667 bits per heavy atom. The van der Waals surface area contributed by atoms with Crippen molar-refractivity contribution in [3.05, 3.63) is 0 Å². The minimum absolute atomic E-state index is 0. The fraction of sp³-hybridized carbons (Fsp3) is 0.944. The van der Waals surface area contributed by atoms with Crippen LogP contribution in [0.2, 0.25) is 0 Å². The molecule has 0 atom stereocenters. The van der Waals surface area contributed by atoms with Crippen molar-refractivity contribution >= 4 is 6.41 Å². The van der Waals surface area contributed by atoms with E-state index in [2.05, 4.69) is 0 Å². The van der Waals surface area contributed by atoms with Crippen LogP contribution >= 0.6 is 0 Å². The number of likely N-dealkylation sites (N-methyl/N-ethyl adjacent to an activating group) is 3. The largest absolute Gasteiger partial charge is 3.00 e. The molecule has 219 valence electrons. The zero-order valence-electron chi connectivity index (χ0n) is 21.9. The first-order valence-electron chi connectivity index (χ1n) is 9.36. The molecule has 0 aliphatic carbocycles. The molecule has 1 radical (unpaired) electrons. The molecular formula is C18H40Cl3CoCuN4O7Zn2. The number of carbonyl (C=O) groups excluding carboxylic acids is 1. The molecule has 0 aromatic heterocycles. The van der Waals surface area contributed by atoms with Crippen LogP contribution in [0, 0.1) is 0 Å². The molecule has 0 saturated carbocycles. The van der Waals surface area contributed by atoms with Gasteiger partial charge in [-0.1, -0.05) is 0 Å². The van der Waals surface area contributed by atoms with Crippen molar-refractivity contribution in [1.82, 2.24) is 19.6 Å². The van der Waals surface area contributed by atoms with Crippen molar-refractivity contribution in [2.24, 2.45) is 0 Å². The second-order valence-electron chi connectivity index (χ2n) is 6.20. The number of halogens is 3. The summed E-state index contributed by atoms with van der Waals surface area (Å²) in [6.45, 7) is 2.24. The number of amides is 1. The van der Waals surface area contributed by atoms with E-state index < -0.39 is 0 Å². The molecule has 0 heterocycles. The molecule has 0 aromatic carbocycles. The molecule has 0 rings (SSSR count). The summed E-state index contributed by atoms with van der Waals surface area (Å²) in [4.78, 5) is 16.1. The molecular weight excluding hydrogens is 744 g/mol. The van der Waals surface area contributed by atoms with Gasteiger partial charge < -0.3 is 87.5 Å². The molecule has 0 fully saturated rings. The van der Waals surface area contributed by atoms with Crippen LogP contribution in [0.5, 0.6) is 0 Å². The fourth-order valence-electron chi connectivity index (χ4n) is 1.27. The van der Waals surface area contributed by atoms with Gasteiger partial charge in [-0.05, 0) is 60.4 Å². The minimum atomic E-state index is -0.115. The maximum Gasteiger partial charge on any atom is 3.00 e. The van der Waals surface area contributed by atoms with E-state index in [4.69, 9.17) is 0 Å². The molecule has 0 aliphatic rings. The minimum Gasteiger partial charge on any atom is -1.00 e. The number of nitrogens with zero attached hydrogens (tertiary/aromatic N) is 4. The third-order valence-corrected chi connectivity index (χ3v) is 3.05. The molecule has 18 heteroatoms. The molecule has 0 saturated heterocycles. The number of carbonyl (C=O) groups is 1. The van der Waals surface area contributed by atoms with Gasteiger partial charge in [-0.3, -0.25) is 4.79 Å². The predicted molar refractivity (Wildman–Crippen MR) is 101 cm³/mol. The van der Waals surface area contributed by atoms with Crippen LogP contribution in [0.3, 0.4) is 0 Å². The van der Waals surface area contributed by atoms with Crippen molar-refractivity contribution in [3.8, 4) is 0 Å². The predicted octanol–water partition coefficient (Wildman–Crippen LogP) is -16.4. The average Bonchev–Trinajstić information content (AvgIpc) is 2.64. The zero-order valence-corrected chi connectivity index (χ0v) is 32.1. The topological polar surface area (TPSA) is 168 Å². The third-order valence-electron chi connectivity index (χ3n) is 3.05. The van der Waals surface area contributed by atoms with Crippen molar-refractivity contribution < 1.29 is 145 Å². The average molecular weight is 784 g/mol. The van der Waals surface area contributed by atoms with Gasteiger partial charge in [-0.2, -0.15) is 0 Å². The van der Waals surface area contributed by atoms with Crippen molar-refractivity contribution in [1.29, 1.82) is 0 Å². The molecule has 0 bridgehead atoms. The first-order valence-corrected chi connectivity index (χ1v) is 9.36. The zero-order chi connectivity index (χ0) is 23.5. The Kier molecular flexibility index (Phi) is 131. The van der Waals surface area contributed by atoms with Crippen LogP contribution in [0.25, 0.3) is 0 Å². The van der Waals surface area contributed by atoms with E-state index in [0.717, 1.165) is 6.41 Å². The van der Waals surface area contributed by atoms with E-state index >= 15 is 0 Å². The van der Waals surface area contributed by atoms with Crippen molar-refractivity contribution in [2.75, 3.05) is 114 Å². The van der Waals surface area contributed by atoms with Crippen LogP contribution in [-0.4, -0.2) is 140 Å². The maximum atomic E-state index is 9.87. The molecule has 0 spiro atoms. The fourth-order valence-corrected chi connectivity index (χ4v) is 1.27. The van der Waals surface area contributed by atoms with Crippen molar-refractivity contribution in [2.45, 2.75) is 0 Å². The summed E-state index contributed by atoms with van der Waals surface area (Å²) in [6.07, 6.45) is 0.750. The molecule has 1 amide bonds. The van der Waals surface area contributed by atoms with Gasteiger partial charge >= 0.3 is 72.8 Å². The monoisotopic (exact) mass is 779 g/mol. The van der Waals surface area contributed by atoms with Crippen LogP contribution in [0.1, 0.15) is 0 Å². The van der Waals surface area contributed by atoms with E-state index in [9.17, 15) is 35.4 Å². The van der Waals surface area contributed by atoms with Gasteiger partial charge in [0.05, 0.1) is 0 Å². The molecule has 11 nitrogen and oxygen atoms in total. The summed E-state index contributed by atoms with van der Waals surface area (Å²) < 4.78 is 0. The number of rotatable bonds is 13. The molecule has 0 aromatic rings. The van der Waals surface area contributed by atoms with Crippen LogP contribution in [0.15, 0.2) is 0 Å². The second kappa shape index (κ2) is 65.9. The van der Waals surface area contributed by atoms with Gasteiger partial charge in [0.1, 0.15) is 0 Å². The standard InChI is InChI=1S/3C5H11NO2.C3H7NO.3ClH.Co.Cu.2Zn/c3*1-6(2-4-7)3-5-8;1-4(2)3-5;;;;;;;/h3*2-5H2,1H3;3H,1-2H3;3*1H;;;;/q3*-2;;;;;+3;3*+2/p-3. The van der Waals surface area contributed by atoms with Crippen molar-refractivity contribution in [3.63, 3.8) is 0 Å². The Morgan fingerprint density at radius 2 is 0.611 bits per heavy atom. The maximum absolute atomic E-state index is 9.87. The van der Waals surface area contributed by atoms with Gasteiger partial charge in [0.15, 0.2) is 0 Å². The van der Waals surface area contributed by atoms with Crippen LogP contribution < -0.4 is 67.9 Å². The number of hydrogen-bond donors (Lipinski definition) is 0. The first kappa shape index (κ1) is 71.5. The summed E-state index contributed by atoms with van der Waals surface area (Å²) in [6, 6.07) is 0. The molecule has 0 unspecified atom stereocenters. The van der Waals surface area contributed by atoms with E-state index in [0.29, 0.717) is 39.3 Å². The van der Waals surface area contributed by atoms with Crippen LogP contribution in [-0.2, 0) is 77.6 Å².